The molecule has 0 radical (unpaired) electrons. The van der Waals surface area contributed by atoms with E-state index in [-0.39, 0.29) is 6.61 Å². The van der Waals surface area contributed by atoms with E-state index in [1.165, 1.54) is 0 Å². The van der Waals surface area contributed by atoms with Crippen LogP contribution in [-0.4, -0.2) is 22.8 Å². The van der Waals surface area contributed by atoms with Crippen LogP contribution in [0.5, 0.6) is 5.75 Å². The molecule has 4 nitrogen and oxygen atoms in total. The average molecular weight is 229 g/mol. The summed E-state index contributed by atoms with van der Waals surface area (Å²) in [5.41, 5.74) is 0.470. The maximum atomic E-state index is 10.8. The van der Waals surface area contributed by atoms with Gasteiger partial charge in [-0.05, 0) is 12.1 Å². The number of ether oxygens (including phenoxy) is 1. The third-order valence-corrected chi connectivity index (χ3v) is 2.65. The summed E-state index contributed by atoms with van der Waals surface area (Å²) in [5.74, 6) is -1.53. The number of rotatable bonds is 1. The molecule has 1 heterocycles. The largest absolute Gasteiger partial charge is 0.492 e. The lowest BCUT2D eigenvalue weighted by molar-refractivity contribution is -0.148. The smallest absolute Gasteiger partial charge is 0.313 e. The normalized spacial score (nSPS) is 24.1. The van der Waals surface area contributed by atoms with Gasteiger partial charge in [-0.2, -0.15) is 0 Å². The topological polar surface area (TPSA) is 66.8 Å². The summed E-state index contributed by atoms with van der Waals surface area (Å²) in [6.45, 7) is -0.0379. The molecule has 0 saturated carbocycles. The van der Waals surface area contributed by atoms with Gasteiger partial charge in [0.1, 0.15) is 18.3 Å². The molecule has 0 spiro atoms. The molecule has 0 aliphatic carbocycles. The monoisotopic (exact) mass is 228 g/mol. The first-order valence-corrected chi connectivity index (χ1v) is 4.80. The van der Waals surface area contributed by atoms with Crippen LogP contribution in [0.4, 0.5) is 0 Å². The van der Waals surface area contributed by atoms with Crippen molar-refractivity contribution in [2.24, 2.45) is 5.92 Å². The van der Waals surface area contributed by atoms with Crippen LogP contribution in [0.3, 0.4) is 0 Å². The van der Waals surface area contributed by atoms with E-state index in [0.29, 0.717) is 16.3 Å². The molecule has 0 aromatic heterocycles. The Morgan fingerprint density at radius 2 is 2.27 bits per heavy atom. The van der Waals surface area contributed by atoms with Crippen LogP contribution in [0.25, 0.3) is 0 Å². The van der Waals surface area contributed by atoms with Crippen molar-refractivity contribution in [3.63, 3.8) is 0 Å². The van der Waals surface area contributed by atoms with Crippen molar-refractivity contribution in [1.29, 1.82) is 0 Å². The van der Waals surface area contributed by atoms with E-state index in [0.717, 1.165) is 0 Å². The van der Waals surface area contributed by atoms with Crippen LogP contribution in [-0.2, 0) is 4.79 Å². The molecule has 1 aliphatic heterocycles. The van der Waals surface area contributed by atoms with Crippen LogP contribution >= 0.6 is 11.6 Å². The fraction of sp³-hybridized carbons (Fsp3) is 0.300. The molecule has 0 bridgehead atoms. The minimum atomic E-state index is -1.07. The highest BCUT2D eigenvalue weighted by Crippen LogP contribution is 2.36. The van der Waals surface area contributed by atoms with Crippen molar-refractivity contribution in [3.05, 3.63) is 28.8 Å². The molecule has 80 valence electrons. The van der Waals surface area contributed by atoms with E-state index in [4.69, 9.17) is 21.4 Å². The number of carboxylic acids is 1. The predicted molar refractivity (Wildman–Crippen MR) is 53.0 cm³/mol. The molecule has 2 N–H and O–H groups in total. The number of carbonyl (C=O) groups is 1. The average Bonchev–Trinajstić information content (AvgIpc) is 2.17. The number of halogens is 1. The lowest BCUT2D eigenvalue weighted by Crippen LogP contribution is -2.32. The fourth-order valence-corrected chi connectivity index (χ4v) is 1.73. The second kappa shape index (κ2) is 3.72. The van der Waals surface area contributed by atoms with E-state index in [1.54, 1.807) is 18.2 Å². The second-order valence-electron chi connectivity index (χ2n) is 3.38. The molecule has 0 amide bonds. The van der Waals surface area contributed by atoms with Crippen molar-refractivity contribution in [2.45, 2.75) is 6.10 Å². The van der Waals surface area contributed by atoms with Crippen molar-refractivity contribution >= 4 is 17.6 Å². The third kappa shape index (κ3) is 1.78. The van der Waals surface area contributed by atoms with Crippen molar-refractivity contribution < 1.29 is 19.7 Å². The summed E-state index contributed by atoms with van der Waals surface area (Å²) in [7, 11) is 0. The van der Waals surface area contributed by atoms with Gasteiger partial charge in [-0.25, -0.2) is 0 Å². The van der Waals surface area contributed by atoms with Crippen molar-refractivity contribution in [2.75, 3.05) is 6.61 Å². The van der Waals surface area contributed by atoms with Gasteiger partial charge in [-0.15, -0.1) is 0 Å². The molecule has 15 heavy (non-hydrogen) atoms. The van der Waals surface area contributed by atoms with Crippen LogP contribution < -0.4 is 4.74 Å². The molecule has 1 aliphatic rings. The van der Waals surface area contributed by atoms with Gasteiger partial charge in [-0.3, -0.25) is 4.79 Å². The molecule has 2 atom stereocenters. The molecule has 5 heteroatoms. The summed E-state index contributed by atoms with van der Waals surface area (Å²) in [6, 6.07) is 4.74. The summed E-state index contributed by atoms with van der Waals surface area (Å²) in [5, 5.41) is 19.1. The van der Waals surface area contributed by atoms with E-state index >= 15 is 0 Å². The second-order valence-corrected chi connectivity index (χ2v) is 3.82. The maximum absolute atomic E-state index is 10.8. The first kappa shape index (κ1) is 10.3. The molecule has 0 saturated heterocycles. The number of carboxylic acid groups (broad SMARTS) is 1. The van der Waals surface area contributed by atoms with Gasteiger partial charge < -0.3 is 14.9 Å². The van der Waals surface area contributed by atoms with Crippen molar-refractivity contribution in [1.82, 2.24) is 0 Å². The lowest BCUT2D eigenvalue weighted by atomic mass is 9.93. The predicted octanol–water partition coefficient (Wildman–Crippen LogP) is 1.47. The van der Waals surface area contributed by atoms with E-state index in [2.05, 4.69) is 0 Å². The van der Waals surface area contributed by atoms with E-state index in [1.807, 2.05) is 0 Å². The van der Waals surface area contributed by atoms with Gasteiger partial charge in [0, 0.05) is 10.6 Å². The Morgan fingerprint density at radius 3 is 2.93 bits per heavy atom. The molecular formula is C10H9ClO4. The van der Waals surface area contributed by atoms with Gasteiger partial charge in [0.05, 0.1) is 6.10 Å². The number of aliphatic hydroxyl groups excluding tert-OH is 1. The zero-order valence-corrected chi connectivity index (χ0v) is 8.44. The molecule has 1 aromatic carbocycles. The van der Waals surface area contributed by atoms with Gasteiger partial charge in [0.2, 0.25) is 0 Å². The Hall–Kier alpha value is -1.26. The first-order valence-electron chi connectivity index (χ1n) is 4.42. The molecular weight excluding hydrogens is 220 g/mol. The summed E-state index contributed by atoms with van der Waals surface area (Å²) >= 11 is 5.75. The Labute approximate surface area is 91.1 Å². The quantitative estimate of drug-likeness (QED) is 0.764. The summed E-state index contributed by atoms with van der Waals surface area (Å²) < 4.78 is 5.22. The van der Waals surface area contributed by atoms with Gasteiger partial charge in [0.15, 0.2) is 0 Å². The zero-order chi connectivity index (χ0) is 11.0. The van der Waals surface area contributed by atoms with E-state index in [9.17, 15) is 9.90 Å². The Balaban J connectivity index is 2.38. The highest BCUT2D eigenvalue weighted by molar-refractivity contribution is 6.30. The number of fused-ring (bicyclic) bond motifs is 1. The van der Waals surface area contributed by atoms with Gasteiger partial charge in [-0.1, -0.05) is 17.7 Å². The molecule has 1 aromatic rings. The molecule has 2 unspecified atom stereocenters. The van der Waals surface area contributed by atoms with Crippen LogP contribution in [0.15, 0.2) is 18.2 Å². The fourth-order valence-electron chi connectivity index (χ4n) is 1.57. The zero-order valence-electron chi connectivity index (χ0n) is 7.68. The van der Waals surface area contributed by atoms with E-state index < -0.39 is 18.0 Å². The SMILES string of the molecule is O=C(O)C1COc2cc(Cl)ccc2C1O. The highest BCUT2D eigenvalue weighted by atomic mass is 35.5. The number of aliphatic carboxylic acids is 1. The van der Waals surface area contributed by atoms with Gasteiger partial charge >= 0.3 is 5.97 Å². The minimum Gasteiger partial charge on any atom is -0.492 e. The standard InChI is InChI=1S/C10H9ClO4/c11-5-1-2-6-8(3-5)15-4-7(9(6)12)10(13)14/h1-3,7,9,12H,4H2,(H,13,14). The number of hydrogen-bond donors (Lipinski definition) is 2. The Morgan fingerprint density at radius 1 is 1.53 bits per heavy atom. The third-order valence-electron chi connectivity index (χ3n) is 2.41. The maximum Gasteiger partial charge on any atom is 0.313 e. The van der Waals surface area contributed by atoms with Gasteiger partial charge in [0.25, 0.3) is 0 Å². The Bertz CT molecular complexity index is 404. The minimum absolute atomic E-state index is 0.0379. The Kier molecular flexibility index (Phi) is 2.54. The summed E-state index contributed by atoms with van der Waals surface area (Å²) in [6.07, 6.45) is -1.04. The molecule has 2 rings (SSSR count). The lowest BCUT2D eigenvalue weighted by Gasteiger charge is -2.27. The number of benzene rings is 1. The first-order chi connectivity index (χ1) is 7.09. The number of aliphatic hydroxyl groups is 1. The van der Waals surface area contributed by atoms with Crippen LogP contribution in [0, 0.1) is 5.92 Å². The number of hydrogen-bond acceptors (Lipinski definition) is 3. The van der Waals surface area contributed by atoms with Crippen LogP contribution in [0.2, 0.25) is 5.02 Å². The molecule has 0 fully saturated rings. The van der Waals surface area contributed by atoms with Crippen LogP contribution in [0.1, 0.15) is 11.7 Å². The summed E-state index contributed by atoms with van der Waals surface area (Å²) in [4.78, 5) is 10.8. The highest BCUT2D eigenvalue weighted by Gasteiger charge is 2.34. The van der Waals surface area contributed by atoms with Crippen molar-refractivity contribution in [3.8, 4) is 5.75 Å².